The number of hydrogen-bond acceptors (Lipinski definition) is 6. The Balaban J connectivity index is 1.67. The molecule has 174 valence electrons. The highest BCUT2D eigenvalue weighted by molar-refractivity contribution is 7.89. The third kappa shape index (κ3) is 6.09. The normalized spacial score (nSPS) is 12.2. The minimum absolute atomic E-state index is 0.0122. The molecule has 3 rings (SSSR count). The quantitative estimate of drug-likeness (QED) is 0.483. The number of nitrogens with one attached hydrogen (secondary N) is 2. The summed E-state index contributed by atoms with van der Waals surface area (Å²) in [5.74, 6) is -0.839. The number of furan rings is 1. The van der Waals surface area contributed by atoms with Gasteiger partial charge in [0, 0.05) is 5.69 Å². The number of carbonyl (C=O) groups excluding carboxylic acids is 2. The number of benzene rings is 2. The van der Waals surface area contributed by atoms with E-state index in [9.17, 15) is 18.0 Å². The van der Waals surface area contributed by atoms with E-state index in [1.165, 1.54) is 37.5 Å². The van der Waals surface area contributed by atoms with Gasteiger partial charge in [0.2, 0.25) is 10.0 Å². The Morgan fingerprint density at radius 3 is 2.36 bits per heavy atom. The van der Waals surface area contributed by atoms with Gasteiger partial charge in [0.25, 0.3) is 5.91 Å². The van der Waals surface area contributed by atoms with E-state index in [1.807, 2.05) is 32.9 Å². The molecule has 1 aromatic heterocycles. The number of aryl methyl sites for hydroxylation is 3. The summed E-state index contributed by atoms with van der Waals surface area (Å²) >= 11 is 0. The molecule has 0 aliphatic rings. The second-order valence-electron chi connectivity index (χ2n) is 7.74. The average molecular weight is 471 g/mol. The number of amides is 1. The standard InChI is InChI=1S/C24H26N2O6S/c1-15-11-16(2)22(17(3)12-15)26-23(27)18(4)32-24(28)19-7-5-9-21(13-19)33(29,30)25-14-20-8-6-10-31-20/h5-13,18,25H,14H2,1-4H3,(H,26,27)/t18-/m0/s1. The van der Waals surface area contributed by atoms with Gasteiger partial charge in [-0.25, -0.2) is 17.9 Å². The second kappa shape index (κ2) is 10.0. The molecule has 0 aliphatic heterocycles. The molecule has 1 amide bonds. The molecule has 33 heavy (non-hydrogen) atoms. The van der Waals surface area contributed by atoms with Crippen LogP contribution in [0.5, 0.6) is 0 Å². The Bertz CT molecular complexity index is 1240. The number of anilines is 1. The van der Waals surface area contributed by atoms with Crippen LogP contribution in [0.15, 0.2) is 64.1 Å². The van der Waals surface area contributed by atoms with E-state index in [0.29, 0.717) is 11.4 Å². The molecule has 0 spiro atoms. The molecule has 0 saturated heterocycles. The van der Waals surface area contributed by atoms with Crippen LogP contribution < -0.4 is 10.0 Å². The lowest BCUT2D eigenvalue weighted by Gasteiger charge is -2.17. The zero-order valence-corrected chi connectivity index (χ0v) is 19.7. The fourth-order valence-electron chi connectivity index (χ4n) is 3.34. The van der Waals surface area contributed by atoms with Gasteiger partial charge in [0.1, 0.15) is 5.76 Å². The smallest absolute Gasteiger partial charge is 0.338 e. The Kier molecular flexibility index (Phi) is 7.35. The van der Waals surface area contributed by atoms with Crippen LogP contribution in [0.2, 0.25) is 0 Å². The Labute approximate surface area is 193 Å². The van der Waals surface area contributed by atoms with Crippen molar-refractivity contribution >= 4 is 27.6 Å². The van der Waals surface area contributed by atoms with Crippen molar-refractivity contribution in [2.75, 3.05) is 5.32 Å². The molecule has 1 atom stereocenters. The Hall–Kier alpha value is -3.43. The fraction of sp³-hybridized carbons (Fsp3) is 0.250. The number of ether oxygens (including phenoxy) is 1. The minimum atomic E-state index is -3.89. The lowest BCUT2D eigenvalue weighted by Crippen LogP contribution is -2.30. The van der Waals surface area contributed by atoms with Gasteiger partial charge >= 0.3 is 5.97 Å². The van der Waals surface area contributed by atoms with Gasteiger partial charge in [0.05, 0.1) is 23.3 Å². The molecule has 0 fully saturated rings. The van der Waals surface area contributed by atoms with Crippen LogP contribution in [-0.4, -0.2) is 26.4 Å². The van der Waals surface area contributed by atoms with Crippen LogP contribution in [0.25, 0.3) is 0 Å². The summed E-state index contributed by atoms with van der Waals surface area (Å²) in [4.78, 5) is 25.1. The van der Waals surface area contributed by atoms with Crippen molar-refractivity contribution in [2.24, 2.45) is 0 Å². The summed E-state index contributed by atoms with van der Waals surface area (Å²) in [5.41, 5.74) is 3.57. The molecule has 0 unspecified atom stereocenters. The van der Waals surface area contributed by atoms with Crippen molar-refractivity contribution in [1.29, 1.82) is 0 Å². The Morgan fingerprint density at radius 1 is 1.03 bits per heavy atom. The van der Waals surface area contributed by atoms with E-state index in [-0.39, 0.29) is 17.0 Å². The van der Waals surface area contributed by atoms with Crippen molar-refractivity contribution in [2.45, 2.75) is 45.2 Å². The average Bonchev–Trinajstić information content (AvgIpc) is 3.28. The van der Waals surface area contributed by atoms with Crippen LogP contribution in [0, 0.1) is 20.8 Å². The van der Waals surface area contributed by atoms with E-state index >= 15 is 0 Å². The number of carbonyl (C=O) groups is 2. The highest BCUT2D eigenvalue weighted by atomic mass is 32.2. The number of hydrogen-bond donors (Lipinski definition) is 2. The van der Waals surface area contributed by atoms with Gasteiger partial charge in [-0.05, 0) is 69.2 Å². The molecule has 2 N–H and O–H groups in total. The second-order valence-corrected chi connectivity index (χ2v) is 9.51. The summed E-state index contributed by atoms with van der Waals surface area (Å²) in [6.07, 6.45) is 0.355. The first-order valence-electron chi connectivity index (χ1n) is 10.3. The highest BCUT2D eigenvalue weighted by Crippen LogP contribution is 2.22. The predicted octanol–water partition coefficient (Wildman–Crippen LogP) is 3.87. The molecule has 2 aromatic carbocycles. The van der Waals surface area contributed by atoms with Crippen molar-refractivity contribution in [3.05, 3.63) is 82.8 Å². The lowest BCUT2D eigenvalue weighted by molar-refractivity contribution is -0.123. The van der Waals surface area contributed by atoms with Crippen LogP contribution in [0.3, 0.4) is 0 Å². The first-order chi connectivity index (χ1) is 15.6. The topological polar surface area (TPSA) is 115 Å². The lowest BCUT2D eigenvalue weighted by atomic mass is 10.0. The summed E-state index contributed by atoms with van der Waals surface area (Å²) in [6, 6.07) is 12.6. The molecule has 0 bridgehead atoms. The molecular formula is C24H26N2O6S. The van der Waals surface area contributed by atoms with E-state index < -0.39 is 28.0 Å². The molecular weight excluding hydrogens is 444 g/mol. The first-order valence-corrected chi connectivity index (χ1v) is 11.8. The monoisotopic (exact) mass is 470 g/mol. The zero-order valence-electron chi connectivity index (χ0n) is 18.8. The van der Waals surface area contributed by atoms with E-state index in [2.05, 4.69) is 10.0 Å². The summed E-state index contributed by atoms with van der Waals surface area (Å²) < 4.78 is 37.9. The summed E-state index contributed by atoms with van der Waals surface area (Å²) in [5, 5.41) is 2.80. The molecule has 0 saturated carbocycles. The van der Waals surface area contributed by atoms with Gasteiger partial charge in [-0.1, -0.05) is 23.8 Å². The van der Waals surface area contributed by atoms with E-state index in [4.69, 9.17) is 9.15 Å². The SMILES string of the molecule is Cc1cc(C)c(NC(=O)[C@H](C)OC(=O)c2cccc(S(=O)(=O)NCc3ccco3)c2)c(C)c1. The van der Waals surface area contributed by atoms with Gasteiger partial charge in [0.15, 0.2) is 6.10 Å². The van der Waals surface area contributed by atoms with E-state index in [0.717, 1.165) is 16.7 Å². The number of sulfonamides is 1. The zero-order chi connectivity index (χ0) is 24.2. The Morgan fingerprint density at radius 2 is 1.73 bits per heavy atom. The van der Waals surface area contributed by atoms with Crippen LogP contribution in [0.1, 0.15) is 39.7 Å². The predicted molar refractivity (Wildman–Crippen MR) is 123 cm³/mol. The fourth-order valence-corrected chi connectivity index (χ4v) is 4.38. The number of esters is 1. The van der Waals surface area contributed by atoms with Crippen molar-refractivity contribution < 1.29 is 27.2 Å². The largest absolute Gasteiger partial charge is 0.468 e. The van der Waals surface area contributed by atoms with Gasteiger partial charge in [-0.2, -0.15) is 0 Å². The molecule has 3 aromatic rings. The van der Waals surface area contributed by atoms with Gasteiger partial charge in [-0.15, -0.1) is 0 Å². The molecule has 0 aliphatic carbocycles. The maximum Gasteiger partial charge on any atom is 0.338 e. The molecule has 0 radical (unpaired) electrons. The van der Waals surface area contributed by atoms with Crippen molar-refractivity contribution in [3.63, 3.8) is 0 Å². The first kappa shape index (κ1) is 24.2. The van der Waals surface area contributed by atoms with Crippen molar-refractivity contribution in [1.82, 2.24) is 4.72 Å². The van der Waals surface area contributed by atoms with Crippen molar-refractivity contribution in [3.8, 4) is 0 Å². The van der Waals surface area contributed by atoms with Crippen LogP contribution in [0.4, 0.5) is 5.69 Å². The third-order valence-corrected chi connectivity index (χ3v) is 6.37. The van der Waals surface area contributed by atoms with Crippen LogP contribution >= 0.6 is 0 Å². The maximum atomic E-state index is 12.6. The van der Waals surface area contributed by atoms with Crippen LogP contribution in [-0.2, 0) is 26.1 Å². The molecule has 1 heterocycles. The molecule has 9 heteroatoms. The summed E-state index contributed by atoms with van der Waals surface area (Å²) in [7, 11) is -3.89. The van der Waals surface area contributed by atoms with Gasteiger partial charge < -0.3 is 14.5 Å². The number of rotatable bonds is 8. The van der Waals surface area contributed by atoms with E-state index in [1.54, 1.807) is 12.1 Å². The molecule has 8 nitrogen and oxygen atoms in total. The maximum absolute atomic E-state index is 12.6. The minimum Gasteiger partial charge on any atom is -0.468 e. The highest BCUT2D eigenvalue weighted by Gasteiger charge is 2.22. The van der Waals surface area contributed by atoms with Gasteiger partial charge in [-0.3, -0.25) is 4.79 Å². The third-order valence-electron chi connectivity index (χ3n) is 4.97. The summed E-state index contributed by atoms with van der Waals surface area (Å²) in [6.45, 7) is 7.17.